The van der Waals surface area contributed by atoms with Crippen molar-refractivity contribution in [2.24, 2.45) is 0 Å². The largest absolute Gasteiger partial charge is 0.480 e. The Hall–Kier alpha value is -3.70. The number of carbonyl (C=O) groups excluding carboxylic acids is 1. The third-order valence-corrected chi connectivity index (χ3v) is 6.74. The van der Waals surface area contributed by atoms with Gasteiger partial charge in [0.1, 0.15) is 11.7 Å². The van der Waals surface area contributed by atoms with Gasteiger partial charge >= 0.3 is 5.97 Å². The van der Waals surface area contributed by atoms with Crippen LogP contribution < -0.4 is 5.32 Å². The number of carboxylic acid groups (broad SMARTS) is 1. The Morgan fingerprint density at radius 2 is 1.69 bits per heavy atom. The van der Waals surface area contributed by atoms with Crippen LogP contribution in [0.3, 0.4) is 0 Å². The Balaban J connectivity index is 1.47. The molecule has 0 spiro atoms. The molecule has 0 saturated heterocycles. The number of halogens is 2. The molecular weight excluding hydrogens is 517 g/mol. The molecule has 9 heteroatoms. The number of hydrogen-bond acceptors (Lipinski definition) is 4. The molecule has 4 rings (SSSR count). The standard InChI is InChI=1S/C27H19Cl2N3O3S/c28-20-13-21(29)15-22(14-20)36-32-11-3-6-25(32)26(33)31-24(27(34)35)12-17-7-9-18(10-8-17)23-5-2-1-4-19(23)16-30/h1-11,13-15,24H,12H2,(H,31,33)(H,34,35)/t24-/m0/s1. The summed E-state index contributed by atoms with van der Waals surface area (Å²) in [5, 5.41) is 22.6. The molecule has 1 aromatic heterocycles. The third kappa shape index (κ3) is 6.10. The van der Waals surface area contributed by atoms with Gasteiger partial charge in [0.15, 0.2) is 0 Å². The molecule has 1 heterocycles. The number of nitriles is 1. The maximum atomic E-state index is 13.0. The normalized spacial score (nSPS) is 11.5. The summed E-state index contributed by atoms with van der Waals surface area (Å²) < 4.78 is 1.62. The van der Waals surface area contributed by atoms with E-state index in [-0.39, 0.29) is 12.1 Å². The lowest BCUT2D eigenvalue weighted by molar-refractivity contribution is -0.139. The van der Waals surface area contributed by atoms with E-state index in [0.717, 1.165) is 21.6 Å². The molecule has 0 saturated carbocycles. The highest BCUT2D eigenvalue weighted by atomic mass is 35.5. The Bertz CT molecular complexity index is 1440. The first kappa shape index (κ1) is 25.4. The van der Waals surface area contributed by atoms with Crippen LogP contribution in [0.5, 0.6) is 0 Å². The zero-order valence-corrected chi connectivity index (χ0v) is 21.0. The lowest BCUT2D eigenvalue weighted by Gasteiger charge is -2.16. The van der Waals surface area contributed by atoms with E-state index >= 15 is 0 Å². The molecule has 0 fully saturated rings. The maximum Gasteiger partial charge on any atom is 0.326 e. The van der Waals surface area contributed by atoms with Crippen molar-refractivity contribution in [1.29, 1.82) is 5.26 Å². The summed E-state index contributed by atoms with van der Waals surface area (Å²) >= 11 is 13.4. The van der Waals surface area contributed by atoms with Crippen LogP contribution in [-0.4, -0.2) is 27.0 Å². The minimum absolute atomic E-state index is 0.0962. The molecule has 1 amide bonds. The van der Waals surface area contributed by atoms with Gasteiger partial charge in [-0.25, -0.2) is 4.79 Å². The van der Waals surface area contributed by atoms with Gasteiger partial charge in [-0.3, -0.25) is 8.77 Å². The van der Waals surface area contributed by atoms with Gasteiger partial charge in [0.05, 0.1) is 11.6 Å². The van der Waals surface area contributed by atoms with Gasteiger partial charge in [0.25, 0.3) is 5.91 Å². The van der Waals surface area contributed by atoms with Crippen molar-refractivity contribution in [2.75, 3.05) is 0 Å². The third-order valence-electron chi connectivity index (χ3n) is 5.34. The Labute approximate surface area is 222 Å². The number of rotatable bonds is 8. The average Bonchev–Trinajstić information content (AvgIpc) is 3.31. The second-order valence-corrected chi connectivity index (χ2v) is 9.76. The van der Waals surface area contributed by atoms with Crippen molar-refractivity contribution in [3.63, 3.8) is 0 Å². The van der Waals surface area contributed by atoms with Crippen molar-refractivity contribution in [3.05, 3.63) is 112 Å². The molecule has 0 aliphatic carbocycles. The number of amides is 1. The molecule has 2 N–H and O–H groups in total. The first-order valence-electron chi connectivity index (χ1n) is 10.8. The van der Waals surface area contributed by atoms with Gasteiger partial charge in [-0.2, -0.15) is 5.26 Å². The monoisotopic (exact) mass is 535 g/mol. The fraction of sp³-hybridized carbons (Fsp3) is 0.0741. The predicted molar refractivity (Wildman–Crippen MR) is 141 cm³/mol. The van der Waals surface area contributed by atoms with Gasteiger partial charge in [0, 0.05) is 27.6 Å². The van der Waals surface area contributed by atoms with Gasteiger partial charge < -0.3 is 10.4 Å². The first-order chi connectivity index (χ1) is 17.3. The fourth-order valence-corrected chi connectivity index (χ4v) is 5.25. The van der Waals surface area contributed by atoms with Gasteiger partial charge in [-0.1, -0.05) is 65.7 Å². The highest BCUT2D eigenvalue weighted by Crippen LogP contribution is 2.29. The summed E-state index contributed by atoms with van der Waals surface area (Å²) in [6.07, 6.45) is 1.79. The second kappa shape index (κ2) is 11.4. The number of nitrogens with zero attached hydrogens (tertiary/aromatic N) is 2. The van der Waals surface area contributed by atoms with E-state index in [4.69, 9.17) is 23.2 Å². The van der Waals surface area contributed by atoms with Gasteiger partial charge in [-0.15, -0.1) is 0 Å². The molecule has 0 aliphatic heterocycles. The summed E-state index contributed by atoms with van der Waals surface area (Å²) in [6.45, 7) is 0. The van der Waals surface area contributed by atoms with Crippen molar-refractivity contribution >= 4 is 47.0 Å². The number of aromatic nitrogens is 1. The van der Waals surface area contributed by atoms with Crippen molar-refractivity contribution < 1.29 is 14.7 Å². The van der Waals surface area contributed by atoms with Crippen LogP contribution in [0.1, 0.15) is 21.6 Å². The summed E-state index contributed by atoms with van der Waals surface area (Å²) in [5.41, 5.74) is 3.23. The molecule has 0 bridgehead atoms. The van der Waals surface area contributed by atoms with Crippen LogP contribution in [-0.2, 0) is 11.2 Å². The molecule has 36 heavy (non-hydrogen) atoms. The summed E-state index contributed by atoms with van der Waals surface area (Å²) in [4.78, 5) is 25.6. The van der Waals surface area contributed by atoms with E-state index in [9.17, 15) is 20.0 Å². The number of nitrogens with one attached hydrogen (secondary N) is 1. The molecule has 6 nitrogen and oxygen atoms in total. The molecular formula is C27H19Cl2N3O3S. The lowest BCUT2D eigenvalue weighted by atomic mass is 9.97. The minimum atomic E-state index is -1.14. The van der Waals surface area contributed by atoms with E-state index in [2.05, 4.69) is 11.4 Å². The van der Waals surface area contributed by atoms with Gasteiger partial charge in [-0.05, 0) is 65.0 Å². The molecule has 0 radical (unpaired) electrons. The topological polar surface area (TPSA) is 95.1 Å². The molecule has 4 aromatic rings. The minimum Gasteiger partial charge on any atom is -0.480 e. The van der Waals surface area contributed by atoms with Crippen LogP contribution in [0.2, 0.25) is 10.0 Å². The molecule has 3 aromatic carbocycles. The summed E-state index contributed by atoms with van der Waals surface area (Å²) in [6, 6.07) is 23.9. The maximum absolute atomic E-state index is 13.0. The lowest BCUT2D eigenvalue weighted by Crippen LogP contribution is -2.42. The van der Waals surface area contributed by atoms with E-state index in [0.29, 0.717) is 15.6 Å². The highest BCUT2D eigenvalue weighted by Gasteiger charge is 2.23. The fourth-order valence-electron chi connectivity index (χ4n) is 3.64. The predicted octanol–water partition coefficient (Wildman–Crippen LogP) is 6.31. The summed E-state index contributed by atoms with van der Waals surface area (Å²) in [7, 11) is 0. The second-order valence-electron chi connectivity index (χ2n) is 7.84. The number of hydrogen-bond donors (Lipinski definition) is 2. The van der Waals surface area contributed by atoms with Crippen LogP contribution in [0.25, 0.3) is 11.1 Å². The first-order valence-corrected chi connectivity index (χ1v) is 12.3. The van der Waals surface area contributed by atoms with Crippen molar-refractivity contribution in [2.45, 2.75) is 17.4 Å². The smallest absolute Gasteiger partial charge is 0.326 e. The van der Waals surface area contributed by atoms with Gasteiger partial charge in [0.2, 0.25) is 0 Å². The summed E-state index contributed by atoms with van der Waals surface area (Å²) in [5.74, 6) is -1.66. The van der Waals surface area contributed by atoms with E-state index in [1.807, 2.05) is 24.3 Å². The Morgan fingerprint density at radius 1 is 1.00 bits per heavy atom. The molecule has 1 atom stereocenters. The quantitative estimate of drug-likeness (QED) is 0.275. The van der Waals surface area contributed by atoms with E-state index in [1.54, 1.807) is 64.8 Å². The SMILES string of the molecule is N#Cc1ccccc1-c1ccc(C[C@H](NC(=O)c2cccn2Sc2cc(Cl)cc(Cl)c2)C(=O)O)cc1. The average molecular weight is 536 g/mol. The zero-order chi connectivity index (χ0) is 25.7. The van der Waals surface area contributed by atoms with Crippen LogP contribution in [0.4, 0.5) is 0 Å². The number of carboxylic acids is 1. The van der Waals surface area contributed by atoms with E-state index in [1.165, 1.54) is 11.9 Å². The van der Waals surface area contributed by atoms with Crippen molar-refractivity contribution in [3.8, 4) is 17.2 Å². The van der Waals surface area contributed by atoms with Crippen LogP contribution in [0, 0.1) is 11.3 Å². The van der Waals surface area contributed by atoms with Crippen molar-refractivity contribution in [1.82, 2.24) is 9.29 Å². The number of aliphatic carboxylic acids is 1. The number of carbonyl (C=O) groups is 2. The molecule has 0 unspecified atom stereocenters. The van der Waals surface area contributed by atoms with Crippen LogP contribution in [0.15, 0.2) is 90.0 Å². The number of benzene rings is 3. The Morgan fingerprint density at radius 3 is 2.36 bits per heavy atom. The van der Waals surface area contributed by atoms with Crippen LogP contribution >= 0.6 is 35.1 Å². The molecule has 0 aliphatic rings. The zero-order valence-electron chi connectivity index (χ0n) is 18.7. The van der Waals surface area contributed by atoms with E-state index < -0.39 is 17.9 Å². The Kier molecular flexibility index (Phi) is 8.01. The highest BCUT2D eigenvalue weighted by molar-refractivity contribution is 7.97. The molecule has 180 valence electrons.